The van der Waals surface area contributed by atoms with E-state index in [0.717, 1.165) is 66.3 Å². The lowest BCUT2D eigenvalue weighted by Gasteiger charge is -2.24. The molecule has 198 valence electrons. The van der Waals surface area contributed by atoms with E-state index in [-0.39, 0.29) is 18.3 Å². The first-order valence-electron chi connectivity index (χ1n) is 13.3. The first-order chi connectivity index (χ1) is 18.5. The number of para-hydroxylation sites is 1. The summed E-state index contributed by atoms with van der Waals surface area (Å²) in [6, 6.07) is 15.7. The zero-order chi connectivity index (χ0) is 26.5. The number of fused-ring (bicyclic) bond motifs is 1. The van der Waals surface area contributed by atoms with Crippen LogP contribution in [-0.4, -0.2) is 63.3 Å². The molecule has 0 N–H and O–H groups in total. The lowest BCUT2D eigenvalue weighted by atomic mass is 10.2. The molecule has 9 heteroatoms. The molecule has 0 radical (unpaired) electrons. The lowest BCUT2D eigenvalue weighted by Crippen LogP contribution is -2.38. The Hall–Kier alpha value is -4.01. The van der Waals surface area contributed by atoms with Crippen molar-refractivity contribution in [2.45, 2.75) is 39.5 Å². The van der Waals surface area contributed by atoms with Crippen LogP contribution < -0.4 is 9.64 Å². The summed E-state index contributed by atoms with van der Waals surface area (Å²) in [5.74, 6) is 1.99. The molecule has 0 spiro atoms. The molecule has 1 aliphatic rings. The molecule has 2 aromatic carbocycles. The highest BCUT2D eigenvalue weighted by Gasteiger charge is 2.25. The zero-order valence-electron chi connectivity index (χ0n) is 21.9. The van der Waals surface area contributed by atoms with Gasteiger partial charge in [-0.15, -0.1) is 0 Å². The molecule has 0 aliphatic carbocycles. The summed E-state index contributed by atoms with van der Waals surface area (Å²) in [5, 5.41) is 5.66. The van der Waals surface area contributed by atoms with Gasteiger partial charge >= 0.3 is 0 Å². The Labute approximate surface area is 222 Å². The van der Waals surface area contributed by atoms with E-state index >= 15 is 0 Å². The monoisotopic (exact) mass is 516 g/mol. The molecule has 1 amide bonds. The maximum absolute atomic E-state index is 13.6. The molecule has 38 heavy (non-hydrogen) atoms. The van der Waals surface area contributed by atoms with Crippen molar-refractivity contribution in [1.29, 1.82) is 0 Å². The smallest absolute Gasteiger partial charge is 0.260 e. The summed E-state index contributed by atoms with van der Waals surface area (Å²) in [6.07, 6.45) is 3.61. The molecule has 3 heterocycles. The number of unbranched alkanes of at least 4 members (excludes halogenated alkanes) is 1. The number of nitrogens with zero attached hydrogens (tertiary/aromatic N) is 6. The zero-order valence-corrected chi connectivity index (χ0v) is 21.9. The second-order valence-corrected chi connectivity index (χ2v) is 9.56. The number of benzene rings is 2. The predicted octanol–water partition coefficient (Wildman–Crippen LogP) is 4.72. The minimum Gasteiger partial charge on any atom is -0.484 e. The standard InChI is InChI=1S/C29H33FN6O2/c1-3-4-11-25-31-28(27-21(2)33-36(29(27)32-25)23-14-12-22(30)13-15-23)35-17-8-16-34(18-19-35)26(37)20-38-24-9-6-5-7-10-24/h5-7,9-10,12-15H,3-4,8,11,16-20H2,1-2H3. The molecule has 1 saturated heterocycles. The number of hydrogen-bond donors (Lipinski definition) is 0. The number of anilines is 1. The molecule has 5 rings (SSSR count). The van der Waals surface area contributed by atoms with Gasteiger partial charge in [0.2, 0.25) is 0 Å². The fourth-order valence-corrected chi connectivity index (χ4v) is 4.78. The Morgan fingerprint density at radius 1 is 1.00 bits per heavy atom. The molecular weight excluding hydrogens is 483 g/mol. The number of carbonyl (C=O) groups is 1. The quantitative estimate of drug-likeness (QED) is 0.337. The lowest BCUT2D eigenvalue weighted by molar-refractivity contribution is -0.133. The van der Waals surface area contributed by atoms with Gasteiger partial charge in [0.1, 0.15) is 23.2 Å². The van der Waals surface area contributed by atoms with Crippen molar-refractivity contribution in [2.75, 3.05) is 37.7 Å². The Balaban J connectivity index is 1.41. The fraction of sp³-hybridized carbons (Fsp3) is 0.379. The van der Waals surface area contributed by atoms with E-state index in [1.807, 2.05) is 42.2 Å². The minimum absolute atomic E-state index is 0.0203. The van der Waals surface area contributed by atoms with Crippen LogP contribution in [0.3, 0.4) is 0 Å². The van der Waals surface area contributed by atoms with Crippen molar-refractivity contribution in [2.24, 2.45) is 0 Å². The number of rotatable bonds is 8. The molecule has 0 saturated carbocycles. The van der Waals surface area contributed by atoms with Crippen LogP contribution in [0.4, 0.5) is 10.2 Å². The number of amides is 1. The van der Waals surface area contributed by atoms with Crippen LogP contribution >= 0.6 is 0 Å². The van der Waals surface area contributed by atoms with E-state index in [2.05, 4.69) is 11.8 Å². The van der Waals surface area contributed by atoms with Crippen molar-refractivity contribution in [3.05, 3.63) is 71.9 Å². The van der Waals surface area contributed by atoms with E-state index in [0.29, 0.717) is 25.4 Å². The average molecular weight is 517 g/mol. The summed E-state index contributed by atoms with van der Waals surface area (Å²) in [5.41, 5.74) is 2.29. The van der Waals surface area contributed by atoms with E-state index in [9.17, 15) is 9.18 Å². The van der Waals surface area contributed by atoms with Gasteiger partial charge < -0.3 is 14.5 Å². The van der Waals surface area contributed by atoms with Crippen LogP contribution in [0.2, 0.25) is 0 Å². The van der Waals surface area contributed by atoms with E-state index in [1.165, 1.54) is 12.1 Å². The number of hydrogen-bond acceptors (Lipinski definition) is 6. The van der Waals surface area contributed by atoms with Crippen LogP contribution in [0.1, 0.15) is 37.7 Å². The molecule has 1 aliphatic heterocycles. The molecule has 8 nitrogen and oxygen atoms in total. The topological polar surface area (TPSA) is 76.4 Å². The normalized spacial score (nSPS) is 14.1. The Kier molecular flexibility index (Phi) is 7.81. The van der Waals surface area contributed by atoms with Gasteiger partial charge in [0.05, 0.1) is 16.8 Å². The van der Waals surface area contributed by atoms with E-state index in [1.54, 1.807) is 16.8 Å². The van der Waals surface area contributed by atoms with Crippen LogP contribution in [-0.2, 0) is 11.2 Å². The van der Waals surface area contributed by atoms with E-state index < -0.39 is 0 Å². The van der Waals surface area contributed by atoms with Crippen molar-refractivity contribution in [3.63, 3.8) is 0 Å². The van der Waals surface area contributed by atoms with Crippen molar-refractivity contribution < 1.29 is 13.9 Å². The maximum Gasteiger partial charge on any atom is 0.260 e. The SMILES string of the molecule is CCCCc1nc(N2CCCN(C(=O)COc3ccccc3)CC2)c2c(C)nn(-c3ccc(F)cc3)c2n1. The first-order valence-corrected chi connectivity index (χ1v) is 13.3. The van der Waals surface area contributed by atoms with Crippen molar-refractivity contribution in [3.8, 4) is 11.4 Å². The molecule has 0 bridgehead atoms. The number of carbonyl (C=O) groups excluding carboxylic acids is 1. The molecule has 2 aromatic heterocycles. The number of aromatic nitrogens is 4. The summed E-state index contributed by atoms with van der Waals surface area (Å²) in [6.45, 7) is 6.79. The van der Waals surface area contributed by atoms with Gasteiger partial charge in [-0.25, -0.2) is 19.0 Å². The van der Waals surface area contributed by atoms with Crippen molar-refractivity contribution >= 4 is 22.8 Å². The fourth-order valence-electron chi connectivity index (χ4n) is 4.78. The van der Waals surface area contributed by atoms with Gasteiger partial charge in [-0.3, -0.25) is 4.79 Å². The van der Waals surface area contributed by atoms with Gasteiger partial charge in [-0.1, -0.05) is 31.5 Å². The molecule has 4 aromatic rings. The summed E-state index contributed by atoms with van der Waals surface area (Å²) >= 11 is 0. The third kappa shape index (κ3) is 5.61. The Morgan fingerprint density at radius 2 is 1.79 bits per heavy atom. The number of ether oxygens (including phenoxy) is 1. The highest BCUT2D eigenvalue weighted by atomic mass is 19.1. The molecule has 0 atom stereocenters. The van der Waals surface area contributed by atoms with Crippen LogP contribution in [0.5, 0.6) is 5.75 Å². The Bertz CT molecular complexity index is 1390. The van der Waals surface area contributed by atoms with Crippen LogP contribution in [0.15, 0.2) is 54.6 Å². The molecule has 0 unspecified atom stereocenters. The van der Waals surface area contributed by atoms with Gasteiger partial charge in [-0.05, 0) is 56.2 Å². The predicted molar refractivity (Wildman–Crippen MR) is 145 cm³/mol. The second kappa shape index (κ2) is 11.6. The highest BCUT2D eigenvalue weighted by molar-refractivity contribution is 5.91. The first kappa shape index (κ1) is 25.6. The number of aryl methyl sites for hydroxylation is 2. The van der Waals surface area contributed by atoms with Gasteiger partial charge in [-0.2, -0.15) is 5.10 Å². The maximum atomic E-state index is 13.6. The van der Waals surface area contributed by atoms with Crippen LogP contribution in [0, 0.1) is 12.7 Å². The van der Waals surface area contributed by atoms with Gasteiger partial charge in [0, 0.05) is 32.6 Å². The molecule has 1 fully saturated rings. The second-order valence-electron chi connectivity index (χ2n) is 9.56. The summed E-state index contributed by atoms with van der Waals surface area (Å²) < 4.78 is 21.1. The average Bonchev–Trinajstić information content (AvgIpc) is 3.10. The minimum atomic E-state index is -0.293. The Morgan fingerprint density at radius 3 is 2.55 bits per heavy atom. The third-order valence-electron chi connectivity index (χ3n) is 6.81. The van der Waals surface area contributed by atoms with Crippen LogP contribution in [0.25, 0.3) is 16.7 Å². The molecular formula is C29H33FN6O2. The van der Waals surface area contributed by atoms with Gasteiger partial charge in [0.15, 0.2) is 12.3 Å². The third-order valence-corrected chi connectivity index (χ3v) is 6.81. The van der Waals surface area contributed by atoms with Crippen molar-refractivity contribution in [1.82, 2.24) is 24.6 Å². The highest BCUT2D eigenvalue weighted by Crippen LogP contribution is 2.30. The number of halogens is 1. The summed E-state index contributed by atoms with van der Waals surface area (Å²) in [4.78, 5) is 26.9. The largest absolute Gasteiger partial charge is 0.484 e. The summed E-state index contributed by atoms with van der Waals surface area (Å²) in [7, 11) is 0. The van der Waals surface area contributed by atoms with E-state index in [4.69, 9.17) is 19.8 Å². The van der Waals surface area contributed by atoms with Gasteiger partial charge in [0.25, 0.3) is 5.91 Å².